The van der Waals surface area contributed by atoms with Gasteiger partial charge in [0.25, 0.3) is 0 Å². The molecule has 0 saturated carbocycles. The molecule has 4 aromatic rings. The Morgan fingerprint density at radius 2 is 1.75 bits per heavy atom. The first-order valence-electron chi connectivity index (χ1n) is 10.1. The lowest BCUT2D eigenvalue weighted by Crippen LogP contribution is -2.41. The van der Waals surface area contributed by atoms with E-state index in [1.165, 1.54) is 0 Å². The first kappa shape index (κ1) is 21.1. The molecule has 1 amide bonds. The minimum absolute atomic E-state index is 0.109. The predicted octanol–water partition coefficient (Wildman–Crippen LogP) is 4.95. The Morgan fingerprint density at radius 1 is 1.03 bits per heavy atom. The van der Waals surface area contributed by atoms with Gasteiger partial charge in [-0.3, -0.25) is 0 Å². The van der Waals surface area contributed by atoms with Crippen molar-refractivity contribution in [3.63, 3.8) is 0 Å². The van der Waals surface area contributed by atoms with Crippen molar-refractivity contribution in [3.8, 4) is 0 Å². The highest BCUT2D eigenvalue weighted by atomic mass is 16.5. The zero-order valence-corrected chi connectivity index (χ0v) is 17.1. The maximum absolute atomic E-state index is 12.5. The lowest BCUT2D eigenvalue weighted by Gasteiger charge is -2.22. The van der Waals surface area contributed by atoms with E-state index in [0.717, 1.165) is 11.1 Å². The van der Waals surface area contributed by atoms with E-state index in [2.05, 4.69) is 15.1 Å². The topological polar surface area (TPSA) is 89.0 Å². The number of fused-ring (bicyclic) bond motifs is 1. The SMILES string of the molecule is [C-]#[N+]c1ccc(C[C@H](NC(=O)OCc2ccccc2)C(O)c2nc3ccccc3o2)cc1. The molecule has 0 aliphatic rings. The number of ether oxygens (including phenoxy) is 1. The van der Waals surface area contributed by atoms with Gasteiger partial charge < -0.3 is 19.6 Å². The quantitative estimate of drug-likeness (QED) is 0.408. The lowest BCUT2D eigenvalue weighted by molar-refractivity contribution is 0.0862. The fourth-order valence-corrected chi connectivity index (χ4v) is 3.31. The van der Waals surface area contributed by atoms with Gasteiger partial charge in [-0.25, -0.2) is 14.6 Å². The van der Waals surface area contributed by atoms with Gasteiger partial charge >= 0.3 is 6.09 Å². The summed E-state index contributed by atoms with van der Waals surface area (Å²) in [6.45, 7) is 7.20. The van der Waals surface area contributed by atoms with Gasteiger partial charge in [-0.15, -0.1) is 0 Å². The zero-order valence-electron chi connectivity index (χ0n) is 17.1. The van der Waals surface area contributed by atoms with Crippen LogP contribution in [0.3, 0.4) is 0 Å². The van der Waals surface area contributed by atoms with Crippen LogP contribution in [-0.4, -0.2) is 22.2 Å². The van der Waals surface area contributed by atoms with Crippen LogP contribution in [0.5, 0.6) is 0 Å². The van der Waals surface area contributed by atoms with Crippen LogP contribution in [0, 0.1) is 6.57 Å². The molecule has 0 radical (unpaired) electrons. The molecule has 4 rings (SSSR count). The number of benzene rings is 3. The number of oxazole rings is 1. The molecule has 0 bridgehead atoms. The Hall–Kier alpha value is -4.15. The van der Waals surface area contributed by atoms with E-state index >= 15 is 0 Å². The maximum atomic E-state index is 12.5. The van der Waals surface area contributed by atoms with Gasteiger partial charge in [-0.05, 0) is 29.7 Å². The minimum atomic E-state index is -1.20. The summed E-state index contributed by atoms with van der Waals surface area (Å²) in [4.78, 5) is 20.2. The monoisotopic (exact) mass is 427 g/mol. The molecule has 0 saturated heterocycles. The van der Waals surface area contributed by atoms with Gasteiger partial charge in [0.2, 0.25) is 5.89 Å². The number of aromatic nitrogens is 1. The van der Waals surface area contributed by atoms with Gasteiger partial charge in [-0.2, -0.15) is 0 Å². The Balaban J connectivity index is 1.52. The van der Waals surface area contributed by atoms with E-state index in [0.29, 0.717) is 23.2 Å². The fraction of sp³-hybridized carbons (Fsp3) is 0.160. The second kappa shape index (κ2) is 9.77. The molecule has 0 spiro atoms. The largest absolute Gasteiger partial charge is 0.445 e. The highest BCUT2D eigenvalue weighted by Gasteiger charge is 2.28. The van der Waals surface area contributed by atoms with Crippen molar-refractivity contribution in [2.45, 2.75) is 25.2 Å². The van der Waals surface area contributed by atoms with Crippen molar-refractivity contribution in [1.29, 1.82) is 0 Å². The number of carbonyl (C=O) groups is 1. The number of carbonyl (C=O) groups excluding carboxylic acids is 1. The van der Waals surface area contributed by atoms with Crippen molar-refractivity contribution >= 4 is 22.9 Å². The Bertz CT molecular complexity index is 1200. The smallest absolute Gasteiger partial charge is 0.407 e. The first-order chi connectivity index (χ1) is 15.6. The maximum Gasteiger partial charge on any atom is 0.407 e. The highest BCUT2D eigenvalue weighted by molar-refractivity contribution is 5.72. The van der Waals surface area contributed by atoms with Gasteiger partial charge in [0.15, 0.2) is 17.4 Å². The molecule has 32 heavy (non-hydrogen) atoms. The summed E-state index contributed by atoms with van der Waals surface area (Å²) in [6, 6.07) is 22.7. The summed E-state index contributed by atoms with van der Waals surface area (Å²) in [5.74, 6) is 0.109. The van der Waals surface area contributed by atoms with Crippen LogP contribution in [0.25, 0.3) is 15.9 Å². The minimum Gasteiger partial charge on any atom is -0.445 e. The second-order valence-corrected chi connectivity index (χ2v) is 7.26. The second-order valence-electron chi connectivity index (χ2n) is 7.26. The molecule has 160 valence electrons. The number of alkyl carbamates (subject to hydrolysis) is 1. The summed E-state index contributed by atoms with van der Waals surface area (Å²) >= 11 is 0. The molecule has 1 aromatic heterocycles. The molecule has 0 aliphatic carbocycles. The van der Waals surface area contributed by atoms with Crippen LogP contribution < -0.4 is 5.32 Å². The molecular formula is C25H21N3O4. The molecule has 1 heterocycles. The van der Waals surface area contributed by atoms with Crippen LogP contribution >= 0.6 is 0 Å². The van der Waals surface area contributed by atoms with Gasteiger partial charge in [0, 0.05) is 0 Å². The van der Waals surface area contributed by atoms with Crippen LogP contribution in [0.4, 0.5) is 10.5 Å². The van der Waals surface area contributed by atoms with Crippen molar-refractivity contribution in [2.24, 2.45) is 0 Å². The van der Waals surface area contributed by atoms with Crippen LogP contribution in [0.15, 0.2) is 83.3 Å². The molecule has 1 unspecified atom stereocenters. The van der Waals surface area contributed by atoms with Crippen molar-refractivity contribution in [3.05, 3.63) is 107 Å². The summed E-state index contributed by atoms with van der Waals surface area (Å²) < 4.78 is 11.0. The van der Waals surface area contributed by atoms with Gasteiger partial charge in [0.1, 0.15) is 12.1 Å². The molecule has 7 nitrogen and oxygen atoms in total. The van der Waals surface area contributed by atoms with Crippen molar-refractivity contribution < 1.29 is 19.1 Å². The lowest BCUT2D eigenvalue weighted by atomic mass is 10.0. The van der Waals surface area contributed by atoms with Crippen LogP contribution in [0.2, 0.25) is 0 Å². The van der Waals surface area contributed by atoms with E-state index in [-0.39, 0.29) is 12.5 Å². The summed E-state index contributed by atoms with van der Waals surface area (Å²) in [7, 11) is 0. The number of aliphatic hydroxyl groups excluding tert-OH is 1. The number of para-hydroxylation sites is 2. The average molecular weight is 427 g/mol. The third kappa shape index (κ3) is 5.12. The van der Waals surface area contributed by atoms with E-state index in [1.807, 2.05) is 42.5 Å². The summed E-state index contributed by atoms with van der Waals surface area (Å²) in [5.41, 5.74) is 3.37. The Labute approximate surface area is 185 Å². The molecular weight excluding hydrogens is 406 g/mol. The first-order valence-corrected chi connectivity index (χ1v) is 10.1. The van der Waals surface area contributed by atoms with Crippen LogP contribution in [-0.2, 0) is 17.8 Å². The fourth-order valence-electron chi connectivity index (χ4n) is 3.31. The Kier molecular flexibility index (Phi) is 6.44. The van der Waals surface area contributed by atoms with E-state index in [9.17, 15) is 9.90 Å². The standard InChI is InChI=1S/C25H21N3O4/c1-26-19-13-11-17(12-14-19)15-21(28-25(30)31-16-18-7-3-2-4-8-18)23(29)24-27-20-9-5-6-10-22(20)32-24/h2-14,21,23,29H,15-16H2,(H,28,30)/t21-,23?/m0/s1. The van der Waals surface area contributed by atoms with E-state index < -0.39 is 18.2 Å². The molecule has 7 heteroatoms. The average Bonchev–Trinajstić information content (AvgIpc) is 3.27. The highest BCUT2D eigenvalue weighted by Crippen LogP contribution is 2.24. The van der Waals surface area contributed by atoms with E-state index in [4.69, 9.17) is 15.7 Å². The Morgan fingerprint density at radius 3 is 2.47 bits per heavy atom. The van der Waals surface area contributed by atoms with Gasteiger partial charge in [0.05, 0.1) is 12.6 Å². The molecule has 0 fully saturated rings. The molecule has 3 aromatic carbocycles. The van der Waals surface area contributed by atoms with Crippen LogP contribution in [0.1, 0.15) is 23.1 Å². The summed E-state index contributed by atoms with van der Waals surface area (Å²) in [6.07, 6.45) is -1.57. The number of rotatable bonds is 7. The number of hydrogen-bond acceptors (Lipinski definition) is 5. The molecule has 2 atom stereocenters. The van der Waals surface area contributed by atoms with E-state index in [1.54, 1.807) is 36.4 Å². The summed E-state index contributed by atoms with van der Waals surface area (Å²) in [5, 5.41) is 13.7. The predicted molar refractivity (Wildman–Crippen MR) is 119 cm³/mol. The third-order valence-electron chi connectivity index (χ3n) is 4.98. The molecule has 0 aliphatic heterocycles. The number of nitrogens with zero attached hydrogens (tertiary/aromatic N) is 2. The number of amides is 1. The number of nitrogens with one attached hydrogen (secondary N) is 1. The zero-order chi connectivity index (χ0) is 22.3. The normalized spacial score (nSPS) is 12.6. The number of hydrogen-bond donors (Lipinski definition) is 2. The van der Waals surface area contributed by atoms with Crippen molar-refractivity contribution in [2.75, 3.05) is 0 Å². The molecule has 2 N–H and O–H groups in total. The van der Waals surface area contributed by atoms with Crippen molar-refractivity contribution in [1.82, 2.24) is 10.3 Å². The van der Waals surface area contributed by atoms with Gasteiger partial charge in [-0.1, -0.05) is 66.7 Å². The number of aliphatic hydroxyl groups is 1. The third-order valence-corrected chi connectivity index (χ3v) is 4.98.